The maximum Gasteiger partial charge on any atom is 0.161 e. The van der Waals surface area contributed by atoms with Crippen LogP contribution in [0.4, 0.5) is 0 Å². The van der Waals surface area contributed by atoms with Gasteiger partial charge in [-0.1, -0.05) is 6.07 Å². The van der Waals surface area contributed by atoms with Crippen LogP contribution in [0.15, 0.2) is 18.2 Å². The SMILES string of the molecule is CCOc1ccc(CCCCN)cc1OC. The number of rotatable bonds is 7. The van der Waals surface area contributed by atoms with Crippen LogP contribution >= 0.6 is 0 Å². The van der Waals surface area contributed by atoms with Gasteiger partial charge in [0.1, 0.15) is 0 Å². The molecule has 0 amide bonds. The highest BCUT2D eigenvalue weighted by molar-refractivity contribution is 5.42. The van der Waals surface area contributed by atoms with Crippen molar-refractivity contribution in [3.63, 3.8) is 0 Å². The Hall–Kier alpha value is -1.22. The molecule has 0 radical (unpaired) electrons. The fourth-order valence-corrected chi connectivity index (χ4v) is 1.62. The average Bonchev–Trinajstić information content (AvgIpc) is 2.31. The van der Waals surface area contributed by atoms with Crippen LogP contribution in [0.2, 0.25) is 0 Å². The molecule has 0 saturated carbocycles. The first-order chi connectivity index (χ1) is 7.81. The molecule has 0 saturated heterocycles. The van der Waals surface area contributed by atoms with E-state index in [-0.39, 0.29) is 0 Å². The standard InChI is InChI=1S/C13H21NO2/c1-3-16-12-8-7-11(6-4-5-9-14)10-13(12)15-2/h7-8,10H,3-6,9,14H2,1-2H3. The minimum absolute atomic E-state index is 0.656. The summed E-state index contributed by atoms with van der Waals surface area (Å²) in [6.07, 6.45) is 3.23. The summed E-state index contributed by atoms with van der Waals surface area (Å²) in [6, 6.07) is 6.10. The van der Waals surface area contributed by atoms with Crippen molar-refractivity contribution in [3.05, 3.63) is 23.8 Å². The number of unbranched alkanes of at least 4 members (excludes halogenated alkanes) is 1. The maximum absolute atomic E-state index is 5.47. The van der Waals surface area contributed by atoms with Crippen molar-refractivity contribution in [2.24, 2.45) is 5.73 Å². The van der Waals surface area contributed by atoms with E-state index in [9.17, 15) is 0 Å². The summed E-state index contributed by atoms with van der Waals surface area (Å²) in [7, 11) is 1.67. The van der Waals surface area contributed by atoms with E-state index in [1.807, 2.05) is 19.1 Å². The van der Waals surface area contributed by atoms with E-state index in [0.29, 0.717) is 6.61 Å². The molecule has 0 bridgehead atoms. The lowest BCUT2D eigenvalue weighted by Crippen LogP contribution is -2.00. The Balaban J connectivity index is 2.66. The van der Waals surface area contributed by atoms with Gasteiger partial charge >= 0.3 is 0 Å². The number of hydrogen-bond acceptors (Lipinski definition) is 3. The summed E-state index contributed by atoms with van der Waals surface area (Å²) < 4.78 is 10.8. The van der Waals surface area contributed by atoms with Crippen molar-refractivity contribution in [1.82, 2.24) is 0 Å². The molecule has 3 nitrogen and oxygen atoms in total. The molecule has 1 rings (SSSR count). The first-order valence-corrected chi connectivity index (χ1v) is 5.81. The molecule has 0 unspecified atom stereocenters. The molecular weight excluding hydrogens is 202 g/mol. The van der Waals surface area contributed by atoms with Gasteiger partial charge in [-0.2, -0.15) is 0 Å². The van der Waals surface area contributed by atoms with Crippen molar-refractivity contribution in [3.8, 4) is 11.5 Å². The Kier molecular flexibility index (Phi) is 5.72. The number of ether oxygens (including phenoxy) is 2. The molecule has 2 N–H and O–H groups in total. The predicted molar refractivity (Wildman–Crippen MR) is 66.2 cm³/mol. The van der Waals surface area contributed by atoms with E-state index >= 15 is 0 Å². The number of nitrogens with two attached hydrogens (primary N) is 1. The molecule has 3 heteroatoms. The fraction of sp³-hybridized carbons (Fsp3) is 0.538. The molecule has 0 fully saturated rings. The maximum atomic E-state index is 5.47. The van der Waals surface area contributed by atoms with Crippen molar-refractivity contribution >= 4 is 0 Å². The molecule has 0 spiro atoms. The molecule has 0 atom stereocenters. The number of hydrogen-bond donors (Lipinski definition) is 1. The van der Waals surface area contributed by atoms with Gasteiger partial charge in [-0.25, -0.2) is 0 Å². The third kappa shape index (κ3) is 3.74. The van der Waals surface area contributed by atoms with Crippen LogP contribution in [-0.4, -0.2) is 20.3 Å². The van der Waals surface area contributed by atoms with Crippen molar-refractivity contribution in [2.45, 2.75) is 26.2 Å². The molecule has 90 valence electrons. The van der Waals surface area contributed by atoms with E-state index in [1.54, 1.807) is 7.11 Å². The lowest BCUT2D eigenvalue weighted by molar-refractivity contribution is 0.310. The van der Waals surface area contributed by atoms with Gasteiger partial charge in [0.25, 0.3) is 0 Å². The second-order valence-corrected chi connectivity index (χ2v) is 3.66. The quantitative estimate of drug-likeness (QED) is 0.722. The lowest BCUT2D eigenvalue weighted by Gasteiger charge is -2.10. The first kappa shape index (κ1) is 12.8. The third-order valence-corrected chi connectivity index (χ3v) is 2.45. The van der Waals surface area contributed by atoms with E-state index in [4.69, 9.17) is 15.2 Å². The molecular formula is C13H21NO2. The van der Waals surface area contributed by atoms with Gasteiger partial charge in [-0.15, -0.1) is 0 Å². The monoisotopic (exact) mass is 223 g/mol. The van der Waals surface area contributed by atoms with E-state index in [1.165, 1.54) is 5.56 Å². The van der Waals surface area contributed by atoms with Crippen LogP contribution in [0.5, 0.6) is 11.5 Å². The normalized spacial score (nSPS) is 10.2. The Labute approximate surface area is 97.6 Å². The van der Waals surface area contributed by atoms with E-state index < -0.39 is 0 Å². The summed E-state index contributed by atoms with van der Waals surface area (Å²) in [5.74, 6) is 1.62. The Morgan fingerprint density at radius 3 is 2.62 bits per heavy atom. The fourth-order valence-electron chi connectivity index (χ4n) is 1.62. The zero-order valence-corrected chi connectivity index (χ0v) is 10.2. The molecule has 0 aliphatic heterocycles. The zero-order chi connectivity index (χ0) is 11.8. The Bertz CT molecular complexity index is 313. The molecule has 0 heterocycles. The molecule has 16 heavy (non-hydrogen) atoms. The lowest BCUT2D eigenvalue weighted by atomic mass is 10.1. The first-order valence-electron chi connectivity index (χ1n) is 5.81. The minimum Gasteiger partial charge on any atom is -0.493 e. The topological polar surface area (TPSA) is 44.5 Å². The summed E-state index contributed by atoms with van der Waals surface area (Å²) in [5, 5.41) is 0. The summed E-state index contributed by atoms with van der Waals surface area (Å²) >= 11 is 0. The zero-order valence-electron chi connectivity index (χ0n) is 10.2. The smallest absolute Gasteiger partial charge is 0.161 e. The summed E-state index contributed by atoms with van der Waals surface area (Å²) in [5.41, 5.74) is 6.74. The average molecular weight is 223 g/mol. The number of aryl methyl sites for hydroxylation is 1. The van der Waals surface area contributed by atoms with E-state index in [0.717, 1.165) is 37.3 Å². The largest absolute Gasteiger partial charge is 0.493 e. The van der Waals surface area contributed by atoms with Gasteiger partial charge in [0.15, 0.2) is 11.5 Å². The highest BCUT2D eigenvalue weighted by Gasteiger charge is 2.04. The van der Waals surface area contributed by atoms with Crippen LogP contribution < -0.4 is 15.2 Å². The van der Waals surface area contributed by atoms with E-state index in [2.05, 4.69) is 6.07 Å². The van der Waals surface area contributed by atoms with Crippen LogP contribution in [-0.2, 0) is 6.42 Å². The van der Waals surface area contributed by atoms with Gasteiger partial charge < -0.3 is 15.2 Å². The van der Waals surface area contributed by atoms with Crippen LogP contribution in [0.3, 0.4) is 0 Å². The van der Waals surface area contributed by atoms with Crippen molar-refractivity contribution < 1.29 is 9.47 Å². The third-order valence-electron chi connectivity index (χ3n) is 2.45. The molecule has 1 aromatic carbocycles. The van der Waals surface area contributed by atoms with Gasteiger partial charge in [-0.05, 0) is 50.4 Å². The summed E-state index contributed by atoms with van der Waals surface area (Å²) in [6.45, 7) is 3.38. The second-order valence-electron chi connectivity index (χ2n) is 3.66. The van der Waals surface area contributed by atoms with Crippen LogP contribution in [0.1, 0.15) is 25.3 Å². The van der Waals surface area contributed by atoms with Crippen molar-refractivity contribution in [1.29, 1.82) is 0 Å². The van der Waals surface area contributed by atoms with Crippen LogP contribution in [0, 0.1) is 0 Å². The molecule has 0 aromatic heterocycles. The molecule has 0 aliphatic rings. The predicted octanol–water partition coefficient (Wildman–Crippen LogP) is 2.38. The summed E-state index contributed by atoms with van der Waals surface area (Å²) in [4.78, 5) is 0. The van der Waals surface area contributed by atoms with Crippen molar-refractivity contribution in [2.75, 3.05) is 20.3 Å². The second kappa shape index (κ2) is 7.12. The Morgan fingerprint density at radius 1 is 1.19 bits per heavy atom. The number of benzene rings is 1. The molecule has 0 aliphatic carbocycles. The van der Waals surface area contributed by atoms with Gasteiger partial charge in [0, 0.05) is 0 Å². The highest BCUT2D eigenvalue weighted by atomic mass is 16.5. The Morgan fingerprint density at radius 2 is 2.00 bits per heavy atom. The van der Waals surface area contributed by atoms with Crippen LogP contribution in [0.25, 0.3) is 0 Å². The van der Waals surface area contributed by atoms with Gasteiger partial charge in [-0.3, -0.25) is 0 Å². The number of methoxy groups -OCH3 is 1. The highest BCUT2D eigenvalue weighted by Crippen LogP contribution is 2.28. The molecule has 1 aromatic rings. The minimum atomic E-state index is 0.656. The van der Waals surface area contributed by atoms with Gasteiger partial charge in [0.05, 0.1) is 13.7 Å². The van der Waals surface area contributed by atoms with Gasteiger partial charge in [0.2, 0.25) is 0 Å².